The summed E-state index contributed by atoms with van der Waals surface area (Å²) in [5.41, 5.74) is 1.19. The third-order valence-corrected chi connectivity index (χ3v) is 6.11. The van der Waals surface area contributed by atoms with E-state index in [9.17, 15) is 8.42 Å². The minimum Gasteiger partial charge on any atom is -0.303 e. The lowest BCUT2D eigenvalue weighted by Crippen LogP contribution is -2.51. The van der Waals surface area contributed by atoms with Crippen LogP contribution >= 0.6 is 0 Å². The summed E-state index contributed by atoms with van der Waals surface area (Å²) in [6.07, 6.45) is 2.56. The Morgan fingerprint density at radius 2 is 1.71 bits per heavy atom. The Bertz CT molecular complexity index is 586. The molecule has 2 fully saturated rings. The van der Waals surface area contributed by atoms with Gasteiger partial charge in [-0.3, -0.25) is 4.90 Å². The lowest BCUT2D eigenvalue weighted by Gasteiger charge is -2.39. The highest BCUT2D eigenvalue weighted by molar-refractivity contribution is 7.89. The van der Waals surface area contributed by atoms with Crippen LogP contribution in [0.3, 0.4) is 0 Å². The van der Waals surface area contributed by atoms with Gasteiger partial charge < -0.3 is 4.90 Å². The second-order valence-corrected chi connectivity index (χ2v) is 8.02. The van der Waals surface area contributed by atoms with Gasteiger partial charge in [0.15, 0.2) is 0 Å². The Morgan fingerprint density at radius 3 is 2.24 bits per heavy atom. The maximum absolute atomic E-state index is 11.7. The highest BCUT2D eigenvalue weighted by Crippen LogP contribution is 2.31. The monoisotopic (exact) mass is 309 g/mol. The summed E-state index contributed by atoms with van der Waals surface area (Å²) in [6.45, 7) is 3.20. The van der Waals surface area contributed by atoms with E-state index in [1.54, 1.807) is 12.1 Å². The molecule has 2 atom stereocenters. The summed E-state index contributed by atoms with van der Waals surface area (Å²) in [4.78, 5) is 5.33. The van der Waals surface area contributed by atoms with Crippen LogP contribution in [0, 0.1) is 0 Å². The van der Waals surface area contributed by atoms with E-state index in [0.717, 1.165) is 19.6 Å². The van der Waals surface area contributed by atoms with Crippen molar-refractivity contribution in [3.63, 3.8) is 0 Å². The van der Waals surface area contributed by atoms with Gasteiger partial charge in [0.1, 0.15) is 0 Å². The Hall–Kier alpha value is -0.950. The fourth-order valence-corrected chi connectivity index (χ4v) is 4.29. The van der Waals surface area contributed by atoms with Crippen molar-refractivity contribution in [1.29, 1.82) is 0 Å². The van der Waals surface area contributed by atoms with E-state index in [0.29, 0.717) is 17.0 Å². The van der Waals surface area contributed by atoms with Crippen molar-refractivity contribution in [2.24, 2.45) is 0 Å². The van der Waals surface area contributed by atoms with Crippen LogP contribution in [0.1, 0.15) is 18.4 Å². The minimum atomic E-state index is -3.33. The van der Waals surface area contributed by atoms with Crippen LogP contribution in [0.25, 0.3) is 0 Å². The zero-order valence-electron chi connectivity index (χ0n) is 12.6. The van der Waals surface area contributed by atoms with Gasteiger partial charge in [-0.25, -0.2) is 13.1 Å². The number of nitrogens with one attached hydrogen (secondary N) is 1. The van der Waals surface area contributed by atoms with E-state index in [4.69, 9.17) is 0 Å². The van der Waals surface area contributed by atoms with Crippen LogP contribution in [0.2, 0.25) is 0 Å². The van der Waals surface area contributed by atoms with Gasteiger partial charge in [0.05, 0.1) is 4.90 Å². The van der Waals surface area contributed by atoms with Crippen LogP contribution in [0.5, 0.6) is 0 Å². The number of fused-ring (bicyclic) bond motifs is 2. The first-order valence-corrected chi connectivity index (χ1v) is 8.94. The molecule has 6 heteroatoms. The van der Waals surface area contributed by atoms with E-state index in [2.05, 4.69) is 21.6 Å². The molecular formula is C15H23N3O2S. The van der Waals surface area contributed by atoms with Gasteiger partial charge >= 0.3 is 0 Å². The van der Waals surface area contributed by atoms with E-state index < -0.39 is 10.0 Å². The molecule has 0 spiro atoms. The highest BCUT2D eigenvalue weighted by atomic mass is 32.2. The summed E-state index contributed by atoms with van der Waals surface area (Å²) >= 11 is 0. The van der Waals surface area contributed by atoms with Gasteiger partial charge in [-0.05, 0) is 44.6 Å². The van der Waals surface area contributed by atoms with Crippen molar-refractivity contribution in [2.45, 2.75) is 36.4 Å². The number of likely N-dealkylation sites (tertiary alicyclic amines) is 1. The molecular weight excluding hydrogens is 286 g/mol. The first-order valence-electron chi connectivity index (χ1n) is 7.46. The van der Waals surface area contributed by atoms with Crippen molar-refractivity contribution in [1.82, 2.24) is 14.5 Å². The molecule has 2 bridgehead atoms. The van der Waals surface area contributed by atoms with E-state index >= 15 is 0 Å². The molecule has 2 heterocycles. The largest absolute Gasteiger partial charge is 0.303 e. The molecule has 2 aliphatic heterocycles. The topological polar surface area (TPSA) is 52.7 Å². The van der Waals surface area contributed by atoms with Gasteiger partial charge in [-0.15, -0.1) is 0 Å². The van der Waals surface area contributed by atoms with Crippen molar-refractivity contribution in [3.05, 3.63) is 29.8 Å². The summed E-state index contributed by atoms with van der Waals surface area (Å²) in [6, 6.07) is 8.55. The summed E-state index contributed by atoms with van der Waals surface area (Å²) in [7, 11) is 0.295. The van der Waals surface area contributed by atoms with Gasteiger partial charge in [0, 0.05) is 31.7 Å². The Labute approximate surface area is 127 Å². The first kappa shape index (κ1) is 15.0. The zero-order valence-corrected chi connectivity index (χ0v) is 13.4. The number of piperazine rings is 1. The molecule has 116 valence electrons. The van der Waals surface area contributed by atoms with E-state index in [1.165, 1.54) is 25.5 Å². The van der Waals surface area contributed by atoms with Crippen LogP contribution in [-0.4, -0.2) is 57.5 Å². The molecule has 1 aromatic rings. The van der Waals surface area contributed by atoms with Gasteiger partial charge in [0.25, 0.3) is 0 Å². The van der Waals surface area contributed by atoms with Crippen LogP contribution in [0.15, 0.2) is 29.2 Å². The Morgan fingerprint density at radius 1 is 1.14 bits per heavy atom. The number of rotatable bonds is 4. The van der Waals surface area contributed by atoms with Crippen molar-refractivity contribution >= 4 is 10.0 Å². The summed E-state index contributed by atoms with van der Waals surface area (Å²) < 4.78 is 25.8. The third kappa shape index (κ3) is 2.99. The quantitative estimate of drug-likeness (QED) is 0.897. The number of hydrogen-bond acceptors (Lipinski definition) is 4. The second kappa shape index (κ2) is 5.68. The molecule has 0 aromatic heterocycles. The number of nitrogens with zero attached hydrogens (tertiary/aromatic N) is 2. The second-order valence-electron chi connectivity index (χ2n) is 6.13. The minimum absolute atomic E-state index is 0.329. The maximum Gasteiger partial charge on any atom is 0.240 e. The first-order chi connectivity index (χ1) is 9.99. The lowest BCUT2D eigenvalue weighted by molar-refractivity contribution is 0.0760. The lowest BCUT2D eigenvalue weighted by atomic mass is 10.1. The molecule has 0 radical (unpaired) electrons. The standard InChI is InChI=1S/C15H23N3O2S/c1-16-21(19,20)15-7-3-12(4-8-15)9-18-13-5-6-14(18)11-17(2)10-13/h3-4,7-8,13-14,16H,5-6,9-11H2,1-2H3. The van der Waals surface area contributed by atoms with Crippen LogP contribution in [-0.2, 0) is 16.6 Å². The predicted octanol–water partition coefficient (Wildman–Crippen LogP) is 0.873. The normalized spacial score (nSPS) is 27.1. The molecule has 2 saturated heterocycles. The van der Waals surface area contributed by atoms with Gasteiger partial charge in [-0.2, -0.15) is 0 Å². The van der Waals surface area contributed by atoms with Gasteiger partial charge in [-0.1, -0.05) is 12.1 Å². The molecule has 0 aliphatic carbocycles. The fourth-order valence-electron chi connectivity index (χ4n) is 3.56. The molecule has 2 unspecified atom stereocenters. The summed E-state index contributed by atoms with van der Waals surface area (Å²) in [5, 5.41) is 0. The van der Waals surface area contributed by atoms with Crippen molar-refractivity contribution in [2.75, 3.05) is 27.2 Å². The maximum atomic E-state index is 11.7. The van der Waals surface area contributed by atoms with Gasteiger partial charge in [0.2, 0.25) is 10.0 Å². The molecule has 2 aliphatic rings. The fraction of sp³-hybridized carbons (Fsp3) is 0.600. The Balaban J connectivity index is 1.72. The van der Waals surface area contributed by atoms with E-state index in [1.807, 2.05) is 12.1 Å². The SMILES string of the molecule is CNS(=O)(=O)c1ccc(CN2C3CCC2CN(C)C3)cc1. The molecule has 0 amide bonds. The number of hydrogen-bond donors (Lipinski definition) is 1. The smallest absolute Gasteiger partial charge is 0.240 e. The van der Waals surface area contributed by atoms with E-state index in [-0.39, 0.29) is 0 Å². The number of benzene rings is 1. The Kier molecular flexibility index (Phi) is 4.05. The average molecular weight is 309 g/mol. The molecule has 21 heavy (non-hydrogen) atoms. The van der Waals surface area contributed by atoms with Crippen molar-refractivity contribution in [3.8, 4) is 0 Å². The van der Waals surface area contributed by atoms with Crippen molar-refractivity contribution < 1.29 is 8.42 Å². The third-order valence-electron chi connectivity index (χ3n) is 4.68. The summed E-state index contributed by atoms with van der Waals surface area (Å²) in [5.74, 6) is 0. The molecule has 0 saturated carbocycles. The molecule has 1 N–H and O–H groups in total. The van der Waals surface area contributed by atoms with Crippen LogP contribution in [0.4, 0.5) is 0 Å². The predicted molar refractivity (Wildman–Crippen MR) is 82.5 cm³/mol. The average Bonchev–Trinajstić information content (AvgIpc) is 2.71. The number of likely N-dealkylation sites (N-methyl/N-ethyl adjacent to an activating group) is 1. The molecule has 1 aromatic carbocycles. The molecule has 5 nitrogen and oxygen atoms in total. The molecule has 3 rings (SSSR count). The van der Waals surface area contributed by atoms with Crippen LogP contribution < -0.4 is 4.72 Å². The number of sulfonamides is 1. The highest BCUT2D eigenvalue weighted by Gasteiger charge is 2.38. The zero-order chi connectivity index (χ0) is 15.0.